The molecule has 0 spiro atoms. The first-order valence-electron chi connectivity index (χ1n) is 13.7. The molecule has 0 unspecified atom stereocenters. The third-order valence-corrected chi connectivity index (χ3v) is 9.09. The molecule has 6 rings (SSSR count). The molecule has 1 atom stereocenters. The molecule has 0 saturated heterocycles. The van der Waals surface area contributed by atoms with Gasteiger partial charge in [0, 0.05) is 23.4 Å². The number of carbonyl (C=O) groups excluding carboxylic acids is 1. The van der Waals surface area contributed by atoms with Crippen LogP contribution in [0.4, 0.5) is 0 Å². The number of aromatic nitrogens is 3. The van der Waals surface area contributed by atoms with Crippen LogP contribution in [0.2, 0.25) is 0 Å². The van der Waals surface area contributed by atoms with Crippen molar-refractivity contribution in [2.45, 2.75) is 81.8 Å². The van der Waals surface area contributed by atoms with Gasteiger partial charge < -0.3 is 15.0 Å². The van der Waals surface area contributed by atoms with Gasteiger partial charge in [0.2, 0.25) is 0 Å². The number of amides is 1. The Morgan fingerprint density at radius 3 is 2.71 bits per heavy atom. The molecule has 2 fully saturated rings. The number of halogens is 1. The Balaban J connectivity index is 1.26. The maximum atomic E-state index is 13.4. The minimum absolute atomic E-state index is 0.146. The minimum Gasteiger partial charge on any atom is -0.378 e. The Kier molecular flexibility index (Phi) is 6.95. The molecule has 7 nitrogen and oxygen atoms in total. The number of pyridine rings is 1. The number of carbonyl (C=O) groups is 1. The minimum atomic E-state index is -1.28. The SMILES string of the molecule is O=C([C@H](O)c1cccc(Br)c1)N1CCCc2nc(C3(c4cncc(C5CCCCC5)c4)CC3)[nH]c(=O)c2C1. The fourth-order valence-electron chi connectivity index (χ4n) is 6.19. The number of benzene rings is 1. The Hall–Kier alpha value is -2.84. The van der Waals surface area contributed by atoms with Crippen molar-refractivity contribution >= 4 is 21.8 Å². The van der Waals surface area contributed by atoms with E-state index < -0.39 is 12.0 Å². The predicted molar refractivity (Wildman–Crippen MR) is 148 cm³/mol. The predicted octanol–water partition coefficient (Wildman–Crippen LogP) is 5.06. The lowest BCUT2D eigenvalue weighted by Crippen LogP contribution is -2.36. The molecular weight excluding hydrogens is 544 g/mol. The zero-order valence-electron chi connectivity index (χ0n) is 21.5. The summed E-state index contributed by atoms with van der Waals surface area (Å²) in [6, 6.07) is 9.40. The van der Waals surface area contributed by atoms with Crippen LogP contribution in [-0.4, -0.2) is 37.4 Å². The topological polar surface area (TPSA) is 99.2 Å². The van der Waals surface area contributed by atoms with Crippen molar-refractivity contribution < 1.29 is 9.90 Å². The molecule has 0 radical (unpaired) electrons. The number of H-pyrrole nitrogens is 1. The molecule has 2 saturated carbocycles. The summed E-state index contributed by atoms with van der Waals surface area (Å²) >= 11 is 3.39. The average molecular weight is 578 g/mol. The summed E-state index contributed by atoms with van der Waals surface area (Å²) in [5, 5.41) is 10.8. The number of nitrogens with zero attached hydrogens (tertiary/aromatic N) is 3. The first-order chi connectivity index (χ1) is 18.4. The summed E-state index contributed by atoms with van der Waals surface area (Å²) < 4.78 is 0.796. The first kappa shape index (κ1) is 25.4. The summed E-state index contributed by atoms with van der Waals surface area (Å²) in [7, 11) is 0. The summed E-state index contributed by atoms with van der Waals surface area (Å²) in [5.41, 5.74) is 3.78. The second kappa shape index (κ2) is 10.4. The Morgan fingerprint density at radius 1 is 1.13 bits per heavy atom. The molecule has 3 aliphatic rings. The molecule has 0 bridgehead atoms. The van der Waals surface area contributed by atoms with E-state index in [9.17, 15) is 14.7 Å². The van der Waals surface area contributed by atoms with Crippen molar-refractivity contribution in [3.05, 3.63) is 91.3 Å². The van der Waals surface area contributed by atoms with Gasteiger partial charge in [0.05, 0.1) is 23.2 Å². The number of rotatable bonds is 5. The molecule has 3 aromatic rings. The Bertz CT molecular complexity index is 1410. The number of hydrogen-bond acceptors (Lipinski definition) is 5. The van der Waals surface area contributed by atoms with Gasteiger partial charge in [0.15, 0.2) is 6.10 Å². The lowest BCUT2D eigenvalue weighted by atomic mass is 9.83. The van der Waals surface area contributed by atoms with Gasteiger partial charge in [-0.2, -0.15) is 0 Å². The van der Waals surface area contributed by atoms with Gasteiger partial charge in [-0.15, -0.1) is 0 Å². The quantitative estimate of drug-likeness (QED) is 0.442. The van der Waals surface area contributed by atoms with E-state index in [0.29, 0.717) is 36.4 Å². The van der Waals surface area contributed by atoms with Gasteiger partial charge in [-0.3, -0.25) is 14.6 Å². The maximum Gasteiger partial charge on any atom is 0.256 e. The smallest absolute Gasteiger partial charge is 0.256 e. The highest BCUT2D eigenvalue weighted by Crippen LogP contribution is 2.52. The van der Waals surface area contributed by atoms with E-state index >= 15 is 0 Å². The molecule has 38 heavy (non-hydrogen) atoms. The zero-order valence-corrected chi connectivity index (χ0v) is 23.0. The number of fused-ring (bicyclic) bond motifs is 1. The monoisotopic (exact) mass is 576 g/mol. The molecular formula is C30H33BrN4O3. The van der Waals surface area contributed by atoms with Crippen LogP contribution in [0.25, 0.3) is 0 Å². The normalized spacial score (nSPS) is 19.9. The van der Waals surface area contributed by atoms with Crippen molar-refractivity contribution in [2.24, 2.45) is 0 Å². The van der Waals surface area contributed by atoms with Crippen molar-refractivity contribution in [1.29, 1.82) is 0 Å². The summed E-state index contributed by atoms with van der Waals surface area (Å²) in [6.45, 7) is 0.612. The molecule has 3 heterocycles. The number of aromatic amines is 1. The fourth-order valence-corrected chi connectivity index (χ4v) is 6.61. The number of aryl methyl sites for hydroxylation is 1. The zero-order chi connectivity index (χ0) is 26.3. The van der Waals surface area contributed by atoms with Crippen LogP contribution in [0.15, 0.2) is 52.0 Å². The van der Waals surface area contributed by atoms with Crippen LogP contribution >= 0.6 is 15.9 Å². The van der Waals surface area contributed by atoms with Gasteiger partial charge in [-0.25, -0.2) is 4.98 Å². The number of hydrogen-bond donors (Lipinski definition) is 2. The van der Waals surface area contributed by atoms with E-state index in [1.807, 2.05) is 18.5 Å². The van der Waals surface area contributed by atoms with Crippen molar-refractivity contribution in [3.63, 3.8) is 0 Å². The van der Waals surface area contributed by atoms with Crippen LogP contribution < -0.4 is 5.56 Å². The number of aliphatic hydroxyl groups is 1. The van der Waals surface area contributed by atoms with Crippen LogP contribution in [0.5, 0.6) is 0 Å². The lowest BCUT2D eigenvalue weighted by molar-refractivity contribution is -0.141. The van der Waals surface area contributed by atoms with Crippen molar-refractivity contribution in [1.82, 2.24) is 19.9 Å². The van der Waals surface area contributed by atoms with E-state index in [1.165, 1.54) is 37.7 Å². The van der Waals surface area contributed by atoms with E-state index in [1.54, 1.807) is 23.1 Å². The highest BCUT2D eigenvalue weighted by molar-refractivity contribution is 9.10. The van der Waals surface area contributed by atoms with Gasteiger partial charge >= 0.3 is 0 Å². The molecule has 1 aromatic carbocycles. The second-order valence-corrected chi connectivity index (χ2v) is 12.0. The average Bonchev–Trinajstić information content (AvgIpc) is 3.77. The van der Waals surface area contributed by atoms with E-state index in [-0.39, 0.29) is 17.5 Å². The van der Waals surface area contributed by atoms with Gasteiger partial charge in [0.25, 0.3) is 11.5 Å². The summed E-state index contributed by atoms with van der Waals surface area (Å²) in [5.74, 6) is 0.892. The number of aliphatic hydroxyl groups excluding tert-OH is 1. The molecule has 198 valence electrons. The third kappa shape index (κ3) is 4.84. The van der Waals surface area contributed by atoms with Gasteiger partial charge in [-0.05, 0) is 73.3 Å². The van der Waals surface area contributed by atoms with E-state index in [2.05, 4.69) is 32.0 Å². The van der Waals surface area contributed by atoms with Crippen molar-refractivity contribution in [3.8, 4) is 0 Å². The third-order valence-electron chi connectivity index (χ3n) is 8.59. The maximum absolute atomic E-state index is 13.4. The Labute approximate surface area is 230 Å². The molecule has 1 aliphatic heterocycles. The van der Waals surface area contributed by atoms with Gasteiger partial charge in [-0.1, -0.05) is 53.4 Å². The van der Waals surface area contributed by atoms with Crippen LogP contribution in [0, 0.1) is 0 Å². The number of nitrogens with one attached hydrogen (secondary N) is 1. The summed E-state index contributed by atoms with van der Waals surface area (Å²) in [6.07, 6.45) is 12.2. The lowest BCUT2D eigenvalue weighted by Gasteiger charge is -2.24. The summed E-state index contributed by atoms with van der Waals surface area (Å²) in [4.78, 5) is 40.9. The van der Waals surface area contributed by atoms with E-state index in [4.69, 9.17) is 4.98 Å². The largest absolute Gasteiger partial charge is 0.378 e. The molecule has 2 aromatic heterocycles. The second-order valence-electron chi connectivity index (χ2n) is 11.1. The van der Waals surface area contributed by atoms with Gasteiger partial charge in [0.1, 0.15) is 5.82 Å². The highest BCUT2D eigenvalue weighted by atomic mass is 79.9. The highest BCUT2D eigenvalue weighted by Gasteiger charge is 2.49. The standard InChI is InChI=1S/C30H33BrN4O3/c31-23-9-4-8-20(15-23)26(36)28(38)35-13-5-10-25-24(18-35)27(37)34-29(33-25)30(11-12-30)22-14-21(16-32-17-22)19-6-2-1-3-7-19/h4,8-9,14-17,19,26,36H,1-3,5-7,10-13,18H2,(H,33,34,37)/t26-/m1/s1. The van der Waals surface area contributed by atoms with E-state index in [0.717, 1.165) is 34.4 Å². The van der Waals surface area contributed by atoms with Crippen LogP contribution in [-0.2, 0) is 23.2 Å². The van der Waals surface area contributed by atoms with Crippen LogP contribution in [0.3, 0.4) is 0 Å². The fraction of sp³-hybridized carbons (Fsp3) is 0.467. The Morgan fingerprint density at radius 2 is 1.95 bits per heavy atom. The molecule has 2 N–H and O–H groups in total. The molecule has 1 amide bonds. The molecule has 2 aliphatic carbocycles. The first-order valence-corrected chi connectivity index (χ1v) is 14.5. The van der Waals surface area contributed by atoms with Crippen LogP contribution in [0.1, 0.15) is 97.2 Å². The molecule has 8 heteroatoms. The van der Waals surface area contributed by atoms with Crippen molar-refractivity contribution in [2.75, 3.05) is 6.54 Å².